The van der Waals surface area contributed by atoms with Crippen molar-refractivity contribution in [1.82, 2.24) is 9.88 Å². The number of carbonyl (C=O) groups excluding carboxylic acids is 2. The van der Waals surface area contributed by atoms with Gasteiger partial charge in [-0.05, 0) is 50.8 Å². The van der Waals surface area contributed by atoms with Crippen LogP contribution < -0.4 is 5.56 Å². The molecule has 0 bridgehead atoms. The Hall–Kier alpha value is -2.63. The van der Waals surface area contributed by atoms with Gasteiger partial charge in [-0.1, -0.05) is 0 Å². The monoisotopic (exact) mass is 340 g/mol. The normalized spacial score (nSPS) is 17.9. The number of aryl methyl sites for hydroxylation is 1. The van der Waals surface area contributed by atoms with Crippen LogP contribution in [0.3, 0.4) is 0 Å². The second kappa shape index (κ2) is 6.02. The average Bonchev–Trinajstić information content (AvgIpc) is 3.26. The number of rotatable bonds is 4. The molecule has 0 spiro atoms. The van der Waals surface area contributed by atoms with Gasteiger partial charge in [0.15, 0.2) is 5.78 Å². The van der Waals surface area contributed by atoms with Crippen molar-refractivity contribution in [3.05, 3.63) is 57.4 Å². The Morgan fingerprint density at radius 2 is 2.12 bits per heavy atom. The summed E-state index contributed by atoms with van der Waals surface area (Å²) in [5.74, 6) is 0.336. The van der Waals surface area contributed by atoms with Gasteiger partial charge in [-0.2, -0.15) is 0 Å². The number of ketones is 1. The number of nitrogens with zero attached hydrogens (tertiary/aromatic N) is 1. The van der Waals surface area contributed by atoms with Crippen LogP contribution in [0.25, 0.3) is 0 Å². The van der Waals surface area contributed by atoms with Crippen molar-refractivity contribution in [3.63, 3.8) is 0 Å². The van der Waals surface area contributed by atoms with E-state index in [2.05, 4.69) is 4.98 Å². The first-order chi connectivity index (χ1) is 12.1. The molecule has 0 radical (unpaired) electrons. The Bertz CT molecular complexity index is 877. The molecule has 1 amide bonds. The second-order valence-electron chi connectivity index (χ2n) is 6.82. The molecule has 25 heavy (non-hydrogen) atoms. The Labute approximate surface area is 144 Å². The molecule has 130 valence electrons. The summed E-state index contributed by atoms with van der Waals surface area (Å²) in [6, 6.07) is 4.95. The number of Topliss-reactive ketones (excluding diaryl/α,β-unsaturated/α-hetero) is 1. The van der Waals surface area contributed by atoms with Crippen LogP contribution in [0.2, 0.25) is 0 Å². The van der Waals surface area contributed by atoms with E-state index in [9.17, 15) is 14.4 Å². The number of amides is 1. The van der Waals surface area contributed by atoms with Crippen LogP contribution >= 0.6 is 0 Å². The highest BCUT2D eigenvalue weighted by Gasteiger charge is 2.38. The number of aromatic nitrogens is 1. The lowest BCUT2D eigenvalue weighted by Crippen LogP contribution is -2.39. The summed E-state index contributed by atoms with van der Waals surface area (Å²) in [6.07, 6.45) is 5.27. The van der Waals surface area contributed by atoms with Crippen molar-refractivity contribution in [2.24, 2.45) is 0 Å². The van der Waals surface area contributed by atoms with E-state index in [-0.39, 0.29) is 29.3 Å². The number of aromatic amines is 1. The van der Waals surface area contributed by atoms with E-state index in [1.54, 1.807) is 17.2 Å². The van der Waals surface area contributed by atoms with Crippen LogP contribution in [0.4, 0.5) is 0 Å². The smallest absolute Gasteiger partial charge is 0.261 e. The molecule has 0 saturated heterocycles. The van der Waals surface area contributed by atoms with Gasteiger partial charge in [0.25, 0.3) is 11.5 Å². The highest BCUT2D eigenvalue weighted by Crippen LogP contribution is 2.35. The SMILES string of the molecule is CC(c1ccco1)N(C(=O)c1cc2c([nH]c1=O)CCCC2=O)C1CC1. The molecule has 2 aromatic heterocycles. The quantitative estimate of drug-likeness (QED) is 0.927. The predicted molar refractivity (Wildman–Crippen MR) is 90.6 cm³/mol. The van der Waals surface area contributed by atoms with E-state index in [1.807, 2.05) is 13.0 Å². The number of furan rings is 1. The minimum absolute atomic E-state index is 0.0106. The first kappa shape index (κ1) is 15.9. The fraction of sp³-hybridized carbons (Fsp3) is 0.421. The third-order valence-electron chi connectivity index (χ3n) is 5.03. The van der Waals surface area contributed by atoms with Gasteiger partial charge in [0.1, 0.15) is 11.3 Å². The first-order valence-corrected chi connectivity index (χ1v) is 8.71. The maximum atomic E-state index is 13.1. The topological polar surface area (TPSA) is 83.4 Å². The van der Waals surface area contributed by atoms with Gasteiger partial charge in [-0.25, -0.2) is 0 Å². The summed E-state index contributed by atoms with van der Waals surface area (Å²) in [7, 11) is 0. The van der Waals surface area contributed by atoms with E-state index < -0.39 is 5.56 Å². The zero-order valence-corrected chi connectivity index (χ0v) is 14.1. The van der Waals surface area contributed by atoms with E-state index in [4.69, 9.17) is 4.42 Å². The molecule has 2 aromatic rings. The zero-order valence-electron chi connectivity index (χ0n) is 14.1. The lowest BCUT2D eigenvalue weighted by Gasteiger charge is -2.28. The van der Waals surface area contributed by atoms with E-state index in [0.717, 1.165) is 19.3 Å². The van der Waals surface area contributed by atoms with Gasteiger partial charge in [-0.15, -0.1) is 0 Å². The summed E-state index contributed by atoms with van der Waals surface area (Å²) in [5.41, 5.74) is 0.750. The van der Waals surface area contributed by atoms with E-state index >= 15 is 0 Å². The Balaban J connectivity index is 1.72. The number of nitrogens with one attached hydrogen (secondary N) is 1. The maximum absolute atomic E-state index is 13.1. The molecule has 2 aliphatic rings. The molecule has 1 N–H and O–H groups in total. The number of H-pyrrole nitrogens is 1. The molecular formula is C19H20N2O4. The van der Waals surface area contributed by atoms with Crippen LogP contribution in [0.5, 0.6) is 0 Å². The average molecular weight is 340 g/mol. The van der Waals surface area contributed by atoms with Gasteiger partial charge in [0.2, 0.25) is 0 Å². The number of hydrogen-bond donors (Lipinski definition) is 1. The van der Waals surface area contributed by atoms with Crippen molar-refractivity contribution in [2.75, 3.05) is 0 Å². The molecular weight excluding hydrogens is 320 g/mol. The Kier molecular flexibility index (Phi) is 3.82. The minimum atomic E-state index is -0.421. The summed E-state index contributed by atoms with van der Waals surface area (Å²) in [5, 5.41) is 0. The van der Waals surface area contributed by atoms with Crippen molar-refractivity contribution >= 4 is 11.7 Å². The highest BCUT2D eigenvalue weighted by molar-refractivity contribution is 6.01. The Morgan fingerprint density at radius 3 is 2.80 bits per heavy atom. The van der Waals surface area contributed by atoms with Crippen LogP contribution in [0.1, 0.15) is 70.8 Å². The van der Waals surface area contributed by atoms with Gasteiger partial charge < -0.3 is 14.3 Å². The standard InChI is InChI=1S/C19H20N2O4/c1-11(17-6-3-9-25-17)21(12-7-8-12)19(24)14-10-13-15(20-18(14)23)4-2-5-16(13)22/h3,6,9-12H,2,4-5,7-8H2,1H3,(H,20,23). The number of pyridine rings is 1. The molecule has 2 aliphatic carbocycles. The molecule has 0 aliphatic heterocycles. The van der Waals surface area contributed by atoms with Gasteiger partial charge in [0, 0.05) is 23.7 Å². The summed E-state index contributed by atoms with van der Waals surface area (Å²) in [6.45, 7) is 1.90. The minimum Gasteiger partial charge on any atom is -0.467 e. The molecule has 4 rings (SSSR count). The molecule has 6 heteroatoms. The number of hydrogen-bond acceptors (Lipinski definition) is 4. The number of fused-ring (bicyclic) bond motifs is 1. The van der Waals surface area contributed by atoms with Crippen molar-refractivity contribution in [2.45, 2.75) is 51.1 Å². The molecule has 0 aromatic carbocycles. The Morgan fingerprint density at radius 1 is 1.32 bits per heavy atom. The summed E-state index contributed by atoms with van der Waals surface area (Å²) < 4.78 is 5.44. The zero-order chi connectivity index (χ0) is 17.6. The highest BCUT2D eigenvalue weighted by atomic mass is 16.3. The molecule has 1 saturated carbocycles. The second-order valence-corrected chi connectivity index (χ2v) is 6.82. The molecule has 1 unspecified atom stereocenters. The van der Waals surface area contributed by atoms with Crippen LogP contribution in [-0.2, 0) is 6.42 Å². The van der Waals surface area contributed by atoms with E-state index in [1.165, 1.54) is 6.07 Å². The van der Waals surface area contributed by atoms with Crippen molar-refractivity contribution in [3.8, 4) is 0 Å². The molecule has 1 atom stereocenters. The lowest BCUT2D eigenvalue weighted by atomic mass is 9.93. The van der Waals surface area contributed by atoms with Gasteiger partial charge in [0.05, 0.1) is 12.3 Å². The van der Waals surface area contributed by atoms with Gasteiger partial charge in [-0.3, -0.25) is 14.4 Å². The first-order valence-electron chi connectivity index (χ1n) is 8.71. The van der Waals surface area contributed by atoms with Crippen molar-refractivity contribution < 1.29 is 14.0 Å². The maximum Gasteiger partial charge on any atom is 0.261 e. The lowest BCUT2D eigenvalue weighted by molar-refractivity contribution is 0.0650. The molecule has 6 nitrogen and oxygen atoms in total. The third kappa shape index (κ3) is 2.81. The number of carbonyl (C=O) groups is 2. The largest absolute Gasteiger partial charge is 0.467 e. The predicted octanol–water partition coefficient (Wildman–Crippen LogP) is 2.85. The fourth-order valence-corrected chi connectivity index (χ4v) is 3.55. The summed E-state index contributed by atoms with van der Waals surface area (Å²) >= 11 is 0. The van der Waals surface area contributed by atoms with Gasteiger partial charge >= 0.3 is 0 Å². The third-order valence-corrected chi connectivity index (χ3v) is 5.03. The van der Waals surface area contributed by atoms with Crippen LogP contribution in [-0.4, -0.2) is 27.6 Å². The van der Waals surface area contributed by atoms with Crippen molar-refractivity contribution in [1.29, 1.82) is 0 Å². The molecule has 1 fully saturated rings. The van der Waals surface area contributed by atoms with Crippen LogP contribution in [0.15, 0.2) is 33.7 Å². The fourth-order valence-electron chi connectivity index (χ4n) is 3.55. The van der Waals surface area contributed by atoms with Crippen LogP contribution in [0, 0.1) is 0 Å². The van der Waals surface area contributed by atoms with E-state index in [0.29, 0.717) is 29.9 Å². The summed E-state index contributed by atoms with van der Waals surface area (Å²) in [4.78, 5) is 42.2. The molecule has 2 heterocycles.